The lowest BCUT2D eigenvalue weighted by molar-refractivity contribution is 0.563. The molecule has 0 fully saturated rings. The van der Waals surface area contributed by atoms with Gasteiger partial charge >= 0.3 is 0 Å². The van der Waals surface area contributed by atoms with Crippen molar-refractivity contribution in [3.8, 4) is 6.07 Å². The molecule has 4 nitrogen and oxygen atoms in total. The van der Waals surface area contributed by atoms with Gasteiger partial charge in [-0.2, -0.15) is 5.26 Å². The maximum Gasteiger partial charge on any atom is 0.185 e. The highest BCUT2D eigenvalue weighted by Gasteiger charge is 2.14. The Morgan fingerprint density at radius 1 is 1.32 bits per heavy atom. The van der Waals surface area contributed by atoms with E-state index >= 15 is 0 Å². The van der Waals surface area contributed by atoms with Crippen LogP contribution in [0.15, 0.2) is 24.3 Å². The Kier molecular flexibility index (Phi) is 3.91. The summed E-state index contributed by atoms with van der Waals surface area (Å²) in [6.45, 7) is 4.66. The Balaban J connectivity index is 2.27. The average Bonchev–Trinajstić information content (AvgIpc) is 2.74. The minimum Gasteiger partial charge on any atom is -0.244 e. The smallest absolute Gasteiger partial charge is 0.185 e. The molecule has 0 radical (unpaired) electrons. The molecule has 1 aromatic carbocycles. The molecule has 1 heterocycles. The third-order valence-corrected chi connectivity index (χ3v) is 2.79. The summed E-state index contributed by atoms with van der Waals surface area (Å²) in [5.74, 6) is 0.153. The van der Waals surface area contributed by atoms with E-state index in [0.717, 1.165) is 17.7 Å². The fourth-order valence-corrected chi connectivity index (χ4v) is 1.90. The molecule has 0 saturated heterocycles. The van der Waals surface area contributed by atoms with E-state index in [0.29, 0.717) is 18.2 Å². The van der Waals surface area contributed by atoms with Crippen molar-refractivity contribution >= 4 is 0 Å². The monoisotopic (exact) mass is 258 g/mol. The van der Waals surface area contributed by atoms with E-state index in [1.807, 2.05) is 0 Å². The summed E-state index contributed by atoms with van der Waals surface area (Å²) < 4.78 is 14.6. The standard InChI is InChI=1S/C14H15FN4/c1-10(2)7-14-13(8-16)17-18-19(14)9-11-3-5-12(15)6-4-11/h3-6,10H,7,9H2,1-2H3. The van der Waals surface area contributed by atoms with Crippen LogP contribution in [0.1, 0.15) is 30.8 Å². The first-order chi connectivity index (χ1) is 9.10. The summed E-state index contributed by atoms with van der Waals surface area (Å²) >= 11 is 0. The molecule has 5 heteroatoms. The van der Waals surface area contributed by atoms with Crippen LogP contribution in [0.25, 0.3) is 0 Å². The minimum atomic E-state index is -0.262. The van der Waals surface area contributed by atoms with Gasteiger partial charge < -0.3 is 0 Å². The molecule has 0 aliphatic rings. The van der Waals surface area contributed by atoms with Gasteiger partial charge in [0.15, 0.2) is 5.69 Å². The predicted molar refractivity (Wildman–Crippen MR) is 68.8 cm³/mol. The molecule has 0 spiro atoms. The van der Waals surface area contributed by atoms with Crippen LogP contribution in [0.3, 0.4) is 0 Å². The fraction of sp³-hybridized carbons (Fsp3) is 0.357. The highest BCUT2D eigenvalue weighted by atomic mass is 19.1. The predicted octanol–water partition coefficient (Wildman–Crippen LogP) is 2.54. The van der Waals surface area contributed by atoms with Crippen LogP contribution in [0, 0.1) is 23.1 Å². The number of aromatic nitrogens is 3. The molecule has 0 atom stereocenters. The molecule has 0 amide bonds. The van der Waals surface area contributed by atoms with Crippen LogP contribution in [0.4, 0.5) is 4.39 Å². The number of rotatable bonds is 4. The maximum absolute atomic E-state index is 12.9. The number of nitrogens with zero attached hydrogens (tertiary/aromatic N) is 4. The molecule has 0 aliphatic heterocycles. The van der Waals surface area contributed by atoms with Gasteiger partial charge in [0.05, 0.1) is 12.2 Å². The van der Waals surface area contributed by atoms with Crippen LogP contribution in [-0.2, 0) is 13.0 Å². The first-order valence-electron chi connectivity index (χ1n) is 6.17. The molecule has 0 saturated carbocycles. The zero-order valence-electron chi connectivity index (χ0n) is 11.0. The maximum atomic E-state index is 12.9. The molecule has 0 unspecified atom stereocenters. The Hall–Kier alpha value is -2.22. The van der Waals surface area contributed by atoms with E-state index in [4.69, 9.17) is 5.26 Å². The topological polar surface area (TPSA) is 54.5 Å². The van der Waals surface area contributed by atoms with Crippen LogP contribution in [0.2, 0.25) is 0 Å². The largest absolute Gasteiger partial charge is 0.244 e. The molecule has 0 bridgehead atoms. The zero-order chi connectivity index (χ0) is 13.8. The number of hydrogen-bond donors (Lipinski definition) is 0. The van der Waals surface area contributed by atoms with Gasteiger partial charge in [0.2, 0.25) is 0 Å². The Bertz CT molecular complexity index is 593. The lowest BCUT2D eigenvalue weighted by Crippen LogP contribution is -2.09. The van der Waals surface area contributed by atoms with Crippen molar-refractivity contribution in [2.24, 2.45) is 5.92 Å². The second-order valence-corrected chi connectivity index (χ2v) is 4.88. The molecule has 0 aliphatic carbocycles. The van der Waals surface area contributed by atoms with Crippen LogP contribution < -0.4 is 0 Å². The van der Waals surface area contributed by atoms with Crippen LogP contribution in [0.5, 0.6) is 0 Å². The molecule has 19 heavy (non-hydrogen) atoms. The van der Waals surface area contributed by atoms with Crippen molar-refractivity contribution in [2.75, 3.05) is 0 Å². The quantitative estimate of drug-likeness (QED) is 0.846. The van der Waals surface area contributed by atoms with Gasteiger partial charge in [-0.25, -0.2) is 9.07 Å². The van der Waals surface area contributed by atoms with Crippen molar-refractivity contribution in [3.05, 3.63) is 47.0 Å². The van der Waals surface area contributed by atoms with Crippen LogP contribution >= 0.6 is 0 Å². The SMILES string of the molecule is CC(C)Cc1c(C#N)nnn1Cc1ccc(F)cc1. The third-order valence-electron chi connectivity index (χ3n) is 2.79. The van der Waals surface area contributed by atoms with Gasteiger partial charge in [-0.15, -0.1) is 5.10 Å². The number of hydrogen-bond acceptors (Lipinski definition) is 3. The molecular weight excluding hydrogens is 243 g/mol. The number of halogens is 1. The van der Waals surface area contributed by atoms with Gasteiger partial charge in [-0.3, -0.25) is 0 Å². The molecule has 98 valence electrons. The molecule has 0 N–H and O–H groups in total. The lowest BCUT2D eigenvalue weighted by atomic mass is 10.1. The fourth-order valence-electron chi connectivity index (χ4n) is 1.90. The highest BCUT2D eigenvalue weighted by molar-refractivity contribution is 5.26. The van der Waals surface area contributed by atoms with Crippen molar-refractivity contribution in [2.45, 2.75) is 26.8 Å². The van der Waals surface area contributed by atoms with E-state index in [2.05, 4.69) is 30.2 Å². The normalized spacial score (nSPS) is 10.7. The van der Waals surface area contributed by atoms with Gasteiger partial charge in [-0.1, -0.05) is 31.2 Å². The summed E-state index contributed by atoms with van der Waals surface area (Å²) in [5, 5.41) is 16.9. The Morgan fingerprint density at radius 2 is 2.00 bits per heavy atom. The second-order valence-electron chi connectivity index (χ2n) is 4.88. The summed E-state index contributed by atoms with van der Waals surface area (Å²) in [4.78, 5) is 0. The van der Waals surface area contributed by atoms with E-state index in [1.54, 1.807) is 16.8 Å². The van der Waals surface area contributed by atoms with E-state index < -0.39 is 0 Å². The van der Waals surface area contributed by atoms with Crippen molar-refractivity contribution < 1.29 is 4.39 Å². The summed E-state index contributed by atoms with van der Waals surface area (Å²) in [6, 6.07) is 8.32. The minimum absolute atomic E-state index is 0.262. The number of nitriles is 1. The summed E-state index contributed by atoms with van der Waals surface area (Å²) in [5.41, 5.74) is 2.14. The highest BCUT2D eigenvalue weighted by Crippen LogP contribution is 2.13. The zero-order valence-corrected chi connectivity index (χ0v) is 11.0. The molecular formula is C14H15FN4. The van der Waals surface area contributed by atoms with E-state index in [1.165, 1.54) is 12.1 Å². The van der Waals surface area contributed by atoms with Gasteiger partial charge in [0.25, 0.3) is 0 Å². The van der Waals surface area contributed by atoms with E-state index in [9.17, 15) is 4.39 Å². The van der Waals surface area contributed by atoms with Crippen molar-refractivity contribution in [1.82, 2.24) is 15.0 Å². The van der Waals surface area contributed by atoms with Crippen molar-refractivity contribution in [3.63, 3.8) is 0 Å². The second kappa shape index (κ2) is 5.61. The first-order valence-corrected chi connectivity index (χ1v) is 6.17. The van der Waals surface area contributed by atoms with Crippen LogP contribution in [-0.4, -0.2) is 15.0 Å². The molecule has 1 aromatic heterocycles. The van der Waals surface area contributed by atoms with Crippen molar-refractivity contribution in [1.29, 1.82) is 5.26 Å². The Morgan fingerprint density at radius 3 is 2.58 bits per heavy atom. The summed E-state index contributed by atoms with van der Waals surface area (Å²) in [6.07, 6.45) is 0.747. The van der Waals surface area contributed by atoms with Gasteiger partial charge in [0.1, 0.15) is 11.9 Å². The molecule has 2 aromatic rings. The summed E-state index contributed by atoms with van der Waals surface area (Å²) in [7, 11) is 0. The number of benzene rings is 1. The average molecular weight is 258 g/mol. The lowest BCUT2D eigenvalue weighted by Gasteiger charge is -2.08. The first kappa shape index (κ1) is 13.2. The third kappa shape index (κ3) is 3.16. The van der Waals surface area contributed by atoms with Gasteiger partial charge in [-0.05, 0) is 30.0 Å². The molecule has 2 rings (SSSR count). The van der Waals surface area contributed by atoms with E-state index in [-0.39, 0.29) is 5.82 Å². The Labute approximate surface area is 111 Å². The van der Waals surface area contributed by atoms with Gasteiger partial charge in [0, 0.05) is 0 Å².